The number of sulfonamides is 1. The van der Waals surface area contributed by atoms with Gasteiger partial charge in [0.1, 0.15) is 11.1 Å². The molecule has 0 saturated carbocycles. The molecular weight excluding hydrogens is 345 g/mol. The average Bonchev–Trinajstić information content (AvgIpc) is 2.54. The zero-order valence-electron chi connectivity index (χ0n) is 13.7. The van der Waals surface area contributed by atoms with Crippen LogP contribution in [0.15, 0.2) is 42.5 Å². The van der Waals surface area contributed by atoms with Gasteiger partial charge in [0.2, 0.25) is 10.0 Å². The van der Waals surface area contributed by atoms with E-state index in [4.69, 9.17) is 4.74 Å². The predicted molar refractivity (Wildman–Crippen MR) is 92.4 cm³/mol. The van der Waals surface area contributed by atoms with Crippen LogP contribution in [0.2, 0.25) is 0 Å². The first-order chi connectivity index (χ1) is 11.9. The highest BCUT2D eigenvalue weighted by atomic mass is 32.2. The minimum atomic E-state index is -3.63. The average molecular weight is 363 g/mol. The number of ketones is 1. The fourth-order valence-electron chi connectivity index (χ4n) is 2.54. The molecule has 5 nitrogen and oxygen atoms in total. The number of ether oxygens (including phenoxy) is 1. The first-order valence-electron chi connectivity index (χ1n) is 7.83. The van der Waals surface area contributed by atoms with E-state index in [-0.39, 0.29) is 18.8 Å². The number of hydrogen-bond donors (Lipinski definition) is 1. The summed E-state index contributed by atoms with van der Waals surface area (Å²) < 4.78 is 45.4. The Bertz CT molecular complexity index is 893. The van der Waals surface area contributed by atoms with Crippen molar-refractivity contribution < 1.29 is 22.3 Å². The van der Waals surface area contributed by atoms with E-state index < -0.39 is 33.4 Å². The lowest BCUT2D eigenvalue weighted by atomic mass is 9.98. The van der Waals surface area contributed by atoms with Crippen LogP contribution in [-0.2, 0) is 14.8 Å². The van der Waals surface area contributed by atoms with Crippen LogP contribution in [0.25, 0.3) is 11.1 Å². The maximum absolute atomic E-state index is 14.4. The summed E-state index contributed by atoms with van der Waals surface area (Å²) in [4.78, 5) is 12.4. The Morgan fingerprint density at radius 3 is 2.48 bits per heavy atom. The summed E-state index contributed by atoms with van der Waals surface area (Å²) in [6.45, 7) is 1.32. The number of aryl methyl sites for hydroxylation is 1. The summed E-state index contributed by atoms with van der Waals surface area (Å²) in [5.41, 5.74) is 1.77. The summed E-state index contributed by atoms with van der Waals surface area (Å²) in [6.07, 6.45) is 0. The minimum Gasteiger partial charge on any atom is -0.378 e. The van der Waals surface area contributed by atoms with Crippen molar-refractivity contribution in [3.05, 3.63) is 59.4 Å². The van der Waals surface area contributed by atoms with Gasteiger partial charge in [0.15, 0.2) is 5.78 Å². The molecule has 0 spiro atoms. The van der Waals surface area contributed by atoms with Crippen molar-refractivity contribution in [1.82, 2.24) is 4.72 Å². The fraction of sp³-hybridized carbons (Fsp3) is 0.278. The zero-order chi connectivity index (χ0) is 18.0. The number of rotatable bonds is 6. The van der Waals surface area contributed by atoms with E-state index in [1.807, 2.05) is 30.3 Å². The number of nitrogens with one attached hydrogen (secondary N) is 1. The molecule has 3 rings (SSSR count). The molecule has 1 heterocycles. The number of benzene rings is 2. The first-order valence-corrected chi connectivity index (χ1v) is 9.38. The minimum absolute atomic E-state index is 0.112. The van der Waals surface area contributed by atoms with Crippen molar-refractivity contribution in [2.45, 2.75) is 12.2 Å². The van der Waals surface area contributed by atoms with Crippen LogP contribution in [-0.4, -0.2) is 39.2 Å². The van der Waals surface area contributed by atoms with Gasteiger partial charge >= 0.3 is 0 Å². The summed E-state index contributed by atoms with van der Waals surface area (Å²) in [7, 11) is -3.63. The molecule has 0 radical (unpaired) electrons. The molecule has 1 saturated heterocycles. The molecule has 1 aliphatic rings. The molecule has 0 atom stereocenters. The second-order valence-electron chi connectivity index (χ2n) is 5.97. The first kappa shape index (κ1) is 17.7. The van der Waals surface area contributed by atoms with E-state index in [0.29, 0.717) is 11.1 Å². The molecule has 0 unspecified atom stereocenters. The molecule has 2 aromatic rings. The summed E-state index contributed by atoms with van der Waals surface area (Å²) >= 11 is 0. The summed E-state index contributed by atoms with van der Waals surface area (Å²) in [5.74, 6) is -1.24. The Labute approximate surface area is 145 Å². The molecule has 0 amide bonds. The van der Waals surface area contributed by atoms with Crippen molar-refractivity contribution in [2.75, 3.05) is 19.8 Å². The van der Waals surface area contributed by atoms with Crippen LogP contribution < -0.4 is 4.72 Å². The standard InChI is InChI=1S/C18H18FNO4S/c1-12-7-14(13-5-3-2-4-6-13)8-16(18(12)19)17(21)9-20-25(22,23)15-10-24-11-15/h2-8,15,20H,9-11H2,1H3. The van der Waals surface area contributed by atoms with Gasteiger partial charge in [0.05, 0.1) is 25.3 Å². The van der Waals surface area contributed by atoms with E-state index in [2.05, 4.69) is 4.72 Å². The highest BCUT2D eigenvalue weighted by molar-refractivity contribution is 7.90. The van der Waals surface area contributed by atoms with E-state index in [9.17, 15) is 17.6 Å². The highest BCUT2D eigenvalue weighted by Gasteiger charge is 2.32. The summed E-state index contributed by atoms with van der Waals surface area (Å²) in [5, 5.41) is -0.650. The second-order valence-corrected chi connectivity index (χ2v) is 8.01. The Morgan fingerprint density at radius 1 is 1.20 bits per heavy atom. The Hall–Kier alpha value is -2.09. The third-order valence-electron chi connectivity index (χ3n) is 4.14. The Balaban J connectivity index is 1.83. The molecule has 0 aliphatic carbocycles. The van der Waals surface area contributed by atoms with Gasteiger partial charge in [-0.15, -0.1) is 0 Å². The lowest BCUT2D eigenvalue weighted by Crippen LogP contribution is -2.47. The second kappa shape index (κ2) is 7.03. The van der Waals surface area contributed by atoms with Crippen LogP contribution in [0, 0.1) is 12.7 Å². The molecule has 0 aromatic heterocycles. The van der Waals surface area contributed by atoms with Crippen molar-refractivity contribution in [2.24, 2.45) is 0 Å². The predicted octanol–water partition coefficient (Wildman–Crippen LogP) is 2.30. The van der Waals surface area contributed by atoms with Crippen LogP contribution in [0.4, 0.5) is 4.39 Å². The summed E-state index contributed by atoms with van der Waals surface area (Å²) in [6, 6.07) is 12.4. The van der Waals surface area contributed by atoms with E-state index in [1.165, 1.54) is 6.07 Å². The maximum atomic E-state index is 14.4. The number of carbonyl (C=O) groups is 1. The lowest BCUT2D eigenvalue weighted by Gasteiger charge is -2.25. The molecule has 132 valence electrons. The fourth-order valence-corrected chi connectivity index (χ4v) is 3.66. The van der Waals surface area contributed by atoms with E-state index >= 15 is 0 Å². The SMILES string of the molecule is Cc1cc(-c2ccccc2)cc(C(=O)CNS(=O)(=O)C2COC2)c1F. The van der Waals surface area contributed by atoms with Gasteiger partial charge in [-0.05, 0) is 35.7 Å². The normalized spacial score (nSPS) is 15.0. The van der Waals surface area contributed by atoms with E-state index in [1.54, 1.807) is 13.0 Å². The number of carbonyl (C=O) groups excluding carboxylic acids is 1. The van der Waals surface area contributed by atoms with Gasteiger partial charge in [0.25, 0.3) is 0 Å². The molecule has 1 aliphatic heterocycles. The highest BCUT2D eigenvalue weighted by Crippen LogP contribution is 2.25. The van der Waals surface area contributed by atoms with E-state index in [0.717, 1.165) is 5.56 Å². The van der Waals surface area contributed by atoms with Gasteiger partial charge in [-0.3, -0.25) is 4.79 Å². The molecular formula is C18H18FNO4S. The van der Waals surface area contributed by atoms with Crippen LogP contribution in [0.5, 0.6) is 0 Å². The zero-order valence-corrected chi connectivity index (χ0v) is 14.5. The van der Waals surface area contributed by atoms with Crippen molar-refractivity contribution >= 4 is 15.8 Å². The molecule has 2 aromatic carbocycles. The molecule has 1 N–H and O–H groups in total. The van der Waals surface area contributed by atoms with Gasteiger partial charge in [-0.1, -0.05) is 30.3 Å². The van der Waals surface area contributed by atoms with Crippen LogP contribution in [0.1, 0.15) is 15.9 Å². The lowest BCUT2D eigenvalue weighted by molar-refractivity contribution is 0.0411. The van der Waals surface area contributed by atoms with Crippen molar-refractivity contribution in [3.8, 4) is 11.1 Å². The third-order valence-corrected chi connectivity index (χ3v) is 5.84. The quantitative estimate of drug-likeness (QED) is 0.800. The molecule has 7 heteroatoms. The number of halogens is 1. The Kier molecular flexibility index (Phi) is 4.99. The molecule has 25 heavy (non-hydrogen) atoms. The van der Waals surface area contributed by atoms with Gasteiger partial charge in [-0.2, -0.15) is 0 Å². The van der Waals surface area contributed by atoms with Crippen LogP contribution in [0.3, 0.4) is 0 Å². The molecule has 0 bridgehead atoms. The number of Topliss-reactive ketones (excluding diaryl/α,β-unsaturated/α-hetero) is 1. The monoisotopic (exact) mass is 363 g/mol. The maximum Gasteiger partial charge on any atom is 0.219 e. The van der Waals surface area contributed by atoms with Gasteiger partial charge in [-0.25, -0.2) is 17.5 Å². The van der Waals surface area contributed by atoms with Gasteiger partial charge in [0, 0.05) is 0 Å². The third kappa shape index (κ3) is 3.78. The van der Waals surface area contributed by atoms with Crippen molar-refractivity contribution in [3.63, 3.8) is 0 Å². The molecule has 1 fully saturated rings. The van der Waals surface area contributed by atoms with Gasteiger partial charge < -0.3 is 4.74 Å². The topological polar surface area (TPSA) is 72.5 Å². The largest absolute Gasteiger partial charge is 0.378 e. The van der Waals surface area contributed by atoms with Crippen LogP contribution >= 0.6 is 0 Å². The number of hydrogen-bond acceptors (Lipinski definition) is 4. The smallest absolute Gasteiger partial charge is 0.219 e. The Morgan fingerprint density at radius 2 is 1.88 bits per heavy atom. The van der Waals surface area contributed by atoms with Crippen molar-refractivity contribution in [1.29, 1.82) is 0 Å².